The molecule has 0 aromatic heterocycles. The van der Waals surface area contributed by atoms with E-state index in [1.807, 2.05) is 26.8 Å². The van der Waals surface area contributed by atoms with Crippen LogP contribution in [0.1, 0.15) is 20.8 Å². The molecule has 0 N–H and O–H groups in total. The Morgan fingerprint density at radius 3 is 2.56 bits per heavy atom. The van der Waals surface area contributed by atoms with Crippen LogP contribution in [0, 0.1) is 5.92 Å². The van der Waals surface area contributed by atoms with Gasteiger partial charge in [0.05, 0.1) is 16.3 Å². The Kier molecular flexibility index (Phi) is 6.25. The van der Waals surface area contributed by atoms with Gasteiger partial charge in [0.25, 0.3) is 10.0 Å². The van der Waals surface area contributed by atoms with Crippen molar-refractivity contribution < 1.29 is 8.42 Å². The predicted octanol–water partition coefficient (Wildman–Crippen LogP) is 4.60. The van der Waals surface area contributed by atoms with E-state index < -0.39 is 10.0 Å². The molecule has 1 aromatic carbocycles. The first-order valence-corrected chi connectivity index (χ1v) is 9.93. The van der Waals surface area contributed by atoms with Crippen molar-refractivity contribution in [2.45, 2.75) is 20.8 Å². The van der Waals surface area contributed by atoms with E-state index in [-0.39, 0.29) is 10.8 Å². The molecule has 0 atom stereocenters. The first-order chi connectivity index (χ1) is 11.8. The maximum Gasteiger partial charge on any atom is 0.264 e. The molecule has 25 heavy (non-hydrogen) atoms. The van der Waals surface area contributed by atoms with Crippen molar-refractivity contribution in [3.8, 4) is 0 Å². The Balaban J connectivity index is 2.53. The van der Waals surface area contributed by atoms with Gasteiger partial charge < -0.3 is 0 Å². The summed E-state index contributed by atoms with van der Waals surface area (Å²) >= 11 is 6.07. The number of hydrogen-bond donors (Lipinski definition) is 0. The first kappa shape index (κ1) is 19.5. The van der Waals surface area contributed by atoms with E-state index in [2.05, 4.69) is 4.99 Å². The second kappa shape index (κ2) is 8.02. The van der Waals surface area contributed by atoms with Gasteiger partial charge in [0, 0.05) is 18.6 Å². The average Bonchev–Trinajstić information content (AvgIpc) is 2.58. The van der Waals surface area contributed by atoms with Crippen molar-refractivity contribution in [3.05, 3.63) is 64.1 Å². The van der Waals surface area contributed by atoms with E-state index in [0.29, 0.717) is 17.3 Å². The summed E-state index contributed by atoms with van der Waals surface area (Å²) in [6, 6.07) is 6.91. The fourth-order valence-electron chi connectivity index (χ4n) is 2.56. The molecule has 0 unspecified atom stereocenters. The minimum absolute atomic E-state index is 0.163. The Morgan fingerprint density at radius 2 is 2.00 bits per heavy atom. The van der Waals surface area contributed by atoms with Gasteiger partial charge in [-0.05, 0) is 54.8 Å². The third-order valence-electron chi connectivity index (χ3n) is 3.77. The lowest BCUT2D eigenvalue weighted by Gasteiger charge is -2.27. The summed E-state index contributed by atoms with van der Waals surface area (Å²) in [6.45, 7) is 6.20. The molecule has 1 aromatic rings. The molecule has 0 saturated carbocycles. The highest BCUT2D eigenvalue weighted by Gasteiger charge is 2.28. The minimum Gasteiger partial charge on any atom is -0.288 e. The van der Waals surface area contributed by atoms with Gasteiger partial charge in [0.1, 0.15) is 0 Å². The van der Waals surface area contributed by atoms with Crippen molar-refractivity contribution >= 4 is 33.0 Å². The highest BCUT2D eigenvalue weighted by molar-refractivity contribution is 7.96. The van der Waals surface area contributed by atoms with E-state index in [1.54, 1.807) is 49.5 Å². The molecule has 4 nitrogen and oxygen atoms in total. The van der Waals surface area contributed by atoms with Crippen LogP contribution in [-0.2, 0) is 10.0 Å². The van der Waals surface area contributed by atoms with Gasteiger partial charge in [-0.2, -0.15) is 0 Å². The predicted molar refractivity (Wildman–Crippen MR) is 107 cm³/mol. The molecule has 2 rings (SSSR count). The Hall–Kier alpha value is -1.85. The standard InChI is InChI=1S/C19H23ClN2O2S/c1-5-15-11-18(9-10-19(15)21-4)25(23,24)22(13-14(2)3)17-8-6-7-16(20)12-17/h5-12,14H,13H2,1-4H3/b15-5-,21-19?. The minimum atomic E-state index is -3.71. The maximum absolute atomic E-state index is 13.3. The molecule has 0 fully saturated rings. The summed E-state index contributed by atoms with van der Waals surface area (Å²) in [7, 11) is -2.02. The van der Waals surface area contributed by atoms with Gasteiger partial charge in [-0.15, -0.1) is 0 Å². The van der Waals surface area contributed by atoms with Crippen LogP contribution >= 0.6 is 11.6 Å². The molecule has 134 valence electrons. The molecule has 0 amide bonds. The second-order valence-electron chi connectivity index (χ2n) is 6.14. The number of allylic oxidation sites excluding steroid dienone is 5. The molecule has 0 saturated heterocycles. The van der Waals surface area contributed by atoms with Crippen LogP contribution in [0.5, 0.6) is 0 Å². The zero-order chi connectivity index (χ0) is 18.6. The molecule has 0 bridgehead atoms. The molecule has 1 aliphatic rings. The van der Waals surface area contributed by atoms with Gasteiger partial charge in [-0.1, -0.05) is 37.6 Å². The van der Waals surface area contributed by atoms with E-state index in [4.69, 9.17) is 11.6 Å². The third-order valence-corrected chi connectivity index (χ3v) is 5.79. The van der Waals surface area contributed by atoms with Gasteiger partial charge in [0.2, 0.25) is 0 Å². The molecular formula is C19H23ClN2O2S. The molecule has 0 aliphatic heterocycles. The van der Waals surface area contributed by atoms with Crippen LogP contribution in [0.15, 0.2) is 64.0 Å². The summed E-state index contributed by atoms with van der Waals surface area (Å²) in [5.74, 6) is 0.163. The highest BCUT2D eigenvalue weighted by Crippen LogP contribution is 2.29. The van der Waals surface area contributed by atoms with Crippen molar-refractivity contribution in [1.82, 2.24) is 0 Å². The largest absolute Gasteiger partial charge is 0.288 e. The molecule has 6 heteroatoms. The summed E-state index contributed by atoms with van der Waals surface area (Å²) < 4.78 is 28.0. The lowest BCUT2D eigenvalue weighted by Crippen LogP contribution is -2.35. The number of halogens is 1. The molecule has 1 aliphatic carbocycles. The third kappa shape index (κ3) is 4.41. The maximum atomic E-state index is 13.3. The quantitative estimate of drug-likeness (QED) is 0.751. The van der Waals surface area contributed by atoms with E-state index >= 15 is 0 Å². The fourth-order valence-corrected chi connectivity index (χ4v) is 4.40. The van der Waals surface area contributed by atoms with Gasteiger partial charge in [-0.3, -0.25) is 9.30 Å². The Morgan fingerprint density at radius 1 is 1.28 bits per heavy atom. The van der Waals surface area contributed by atoms with Crippen LogP contribution in [0.25, 0.3) is 0 Å². The number of benzene rings is 1. The van der Waals surface area contributed by atoms with Crippen molar-refractivity contribution in [1.29, 1.82) is 0 Å². The van der Waals surface area contributed by atoms with Gasteiger partial charge >= 0.3 is 0 Å². The van der Waals surface area contributed by atoms with E-state index in [9.17, 15) is 8.42 Å². The summed E-state index contributed by atoms with van der Waals surface area (Å²) in [4.78, 5) is 4.41. The zero-order valence-corrected chi connectivity index (χ0v) is 16.5. The fraction of sp³-hybridized carbons (Fsp3) is 0.316. The second-order valence-corrected chi connectivity index (χ2v) is 8.44. The highest BCUT2D eigenvalue weighted by atomic mass is 35.5. The summed E-state index contributed by atoms with van der Waals surface area (Å²) in [5, 5.41) is 0.504. The normalized spacial score (nSPS) is 18.1. The van der Waals surface area contributed by atoms with Gasteiger partial charge in [0.15, 0.2) is 0 Å². The molecular weight excluding hydrogens is 356 g/mol. The summed E-state index contributed by atoms with van der Waals surface area (Å²) in [5.41, 5.74) is 2.12. The zero-order valence-electron chi connectivity index (χ0n) is 14.9. The molecule has 0 heterocycles. The van der Waals surface area contributed by atoms with Crippen LogP contribution in [0.3, 0.4) is 0 Å². The van der Waals surface area contributed by atoms with Crippen LogP contribution in [-0.4, -0.2) is 27.7 Å². The Bertz CT molecular complexity index is 865. The van der Waals surface area contributed by atoms with Gasteiger partial charge in [-0.25, -0.2) is 8.42 Å². The van der Waals surface area contributed by atoms with Crippen molar-refractivity contribution in [3.63, 3.8) is 0 Å². The van der Waals surface area contributed by atoms with Crippen molar-refractivity contribution in [2.24, 2.45) is 10.9 Å². The first-order valence-electron chi connectivity index (χ1n) is 8.11. The lowest BCUT2D eigenvalue weighted by atomic mass is 10.1. The number of rotatable bonds is 5. The SMILES string of the molecule is C/C=C1/C=C(S(=O)(=O)N(CC(C)C)c2cccc(Cl)c2)C=CC1=NC. The van der Waals surface area contributed by atoms with Crippen LogP contribution < -0.4 is 4.31 Å². The number of aliphatic imine (C=N–C) groups is 1. The topological polar surface area (TPSA) is 49.7 Å². The number of anilines is 1. The van der Waals surface area contributed by atoms with Crippen LogP contribution in [0.2, 0.25) is 5.02 Å². The van der Waals surface area contributed by atoms with E-state index in [1.165, 1.54) is 4.31 Å². The molecule has 0 spiro atoms. The van der Waals surface area contributed by atoms with E-state index in [0.717, 1.165) is 11.3 Å². The monoisotopic (exact) mass is 378 g/mol. The number of nitrogens with zero attached hydrogens (tertiary/aromatic N) is 2. The number of hydrogen-bond acceptors (Lipinski definition) is 3. The summed E-state index contributed by atoms with van der Waals surface area (Å²) in [6.07, 6.45) is 6.85. The Labute approximate surface area is 155 Å². The average molecular weight is 379 g/mol. The number of sulfonamides is 1. The molecule has 0 radical (unpaired) electrons. The smallest absolute Gasteiger partial charge is 0.264 e. The van der Waals surface area contributed by atoms with Crippen LogP contribution in [0.4, 0.5) is 5.69 Å². The van der Waals surface area contributed by atoms with Crippen molar-refractivity contribution in [2.75, 3.05) is 17.9 Å². The lowest BCUT2D eigenvalue weighted by molar-refractivity contribution is 0.584.